The smallest absolute Gasteiger partial charge is 0.323 e. The molecule has 1 aromatic heterocycles. The highest BCUT2D eigenvalue weighted by atomic mass is 35.5. The first-order chi connectivity index (χ1) is 9.38. The lowest BCUT2D eigenvalue weighted by atomic mass is 10.2. The molecule has 0 aliphatic carbocycles. The summed E-state index contributed by atoms with van der Waals surface area (Å²) in [5.74, 6) is 0.347. The number of hydrogen-bond acceptors (Lipinski definition) is 5. The lowest BCUT2D eigenvalue weighted by molar-refractivity contribution is -0.385. The van der Waals surface area contributed by atoms with E-state index in [1.54, 1.807) is 18.2 Å². The molecule has 1 N–H and O–H groups in total. The van der Waals surface area contributed by atoms with Gasteiger partial charge in [0, 0.05) is 10.9 Å². The van der Waals surface area contributed by atoms with Gasteiger partial charge in [-0.15, -0.1) is 0 Å². The Hall–Kier alpha value is -1.63. The van der Waals surface area contributed by atoms with E-state index in [4.69, 9.17) is 16.3 Å². The van der Waals surface area contributed by atoms with Crippen LogP contribution in [0.4, 0.5) is 5.69 Å². The van der Waals surface area contributed by atoms with Gasteiger partial charge in [0.15, 0.2) is 0 Å². The van der Waals surface area contributed by atoms with E-state index in [0.717, 1.165) is 16.9 Å². The third-order valence-electron chi connectivity index (χ3n) is 2.60. The maximum atomic E-state index is 11.0. The van der Waals surface area contributed by atoms with Crippen LogP contribution in [0.25, 0.3) is 0 Å². The largest absolute Gasteiger partial charge is 0.438 e. The van der Waals surface area contributed by atoms with Gasteiger partial charge < -0.3 is 9.84 Å². The first kappa shape index (κ1) is 14.8. The first-order valence-electron chi connectivity index (χ1n) is 5.78. The molecule has 0 saturated carbocycles. The maximum Gasteiger partial charge on any atom is 0.323 e. The number of aliphatic hydroxyl groups excluding tert-OH is 1. The minimum absolute atomic E-state index is 0.108. The van der Waals surface area contributed by atoms with E-state index in [9.17, 15) is 15.2 Å². The van der Waals surface area contributed by atoms with Crippen LogP contribution in [0.2, 0.25) is 5.02 Å². The molecule has 0 amide bonds. The number of benzene rings is 1. The summed E-state index contributed by atoms with van der Waals surface area (Å²) in [5, 5.41) is 21.0. The van der Waals surface area contributed by atoms with E-state index in [1.807, 2.05) is 6.92 Å². The number of aryl methyl sites for hydroxylation is 1. The van der Waals surface area contributed by atoms with Crippen LogP contribution in [0.5, 0.6) is 10.8 Å². The molecule has 0 saturated heterocycles. The third kappa shape index (κ3) is 3.09. The monoisotopic (exact) mass is 313 g/mol. The van der Waals surface area contributed by atoms with Crippen LogP contribution >= 0.6 is 22.9 Å². The fraction of sp³-hybridized carbons (Fsp3) is 0.231. The van der Waals surface area contributed by atoms with E-state index < -0.39 is 11.0 Å². The summed E-state index contributed by atoms with van der Waals surface area (Å²) in [6.07, 6.45) is -0.787. The van der Waals surface area contributed by atoms with Gasteiger partial charge in [-0.25, -0.2) is 0 Å². The minimum Gasteiger partial charge on any atom is -0.438 e. The molecule has 7 heteroatoms. The quantitative estimate of drug-likeness (QED) is 0.668. The van der Waals surface area contributed by atoms with Crippen LogP contribution in [0.1, 0.15) is 23.5 Å². The lowest BCUT2D eigenvalue weighted by Crippen LogP contribution is -1.90. The molecule has 0 spiro atoms. The van der Waals surface area contributed by atoms with Crippen molar-refractivity contribution >= 4 is 28.6 Å². The number of hydrogen-bond donors (Lipinski definition) is 1. The Morgan fingerprint density at radius 3 is 2.70 bits per heavy atom. The third-order valence-corrected chi connectivity index (χ3v) is 4.07. The van der Waals surface area contributed by atoms with Crippen molar-refractivity contribution in [3.8, 4) is 10.8 Å². The van der Waals surface area contributed by atoms with Crippen molar-refractivity contribution < 1.29 is 14.8 Å². The second-order valence-corrected chi connectivity index (χ2v) is 5.74. The Morgan fingerprint density at radius 2 is 2.15 bits per heavy atom. The Bertz CT molecular complexity index is 654. The van der Waals surface area contributed by atoms with E-state index in [-0.39, 0.29) is 10.8 Å². The zero-order valence-corrected chi connectivity index (χ0v) is 12.4. The Kier molecular flexibility index (Phi) is 4.27. The highest BCUT2D eigenvalue weighted by Crippen LogP contribution is 2.43. The molecule has 5 nitrogen and oxygen atoms in total. The fourth-order valence-electron chi connectivity index (χ4n) is 1.58. The molecular weight excluding hydrogens is 302 g/mol. The van der Waals surface area contributed by atoms with Gasteiger partial charge in [-0.2, -0.15) is 0 Å². The van der Waals surface area contributed by atoms with Gasteiger partial charge in [0.1, 0.15) is 5.75 Å². The molecule has 1 heterocycles. The second-order valence-electron chi connectivity index (χ2n) is 4.29. The molecular formula is C13H12ClNO4S. The molecule has 2 rings (SSSR count). The number of aliphatic hydroxyl groups is 1. The maximum absolute atomic E-state index is 11.0. The van der Waals surface area contributed by atoms with Crippen molar-refractivity contribution in [3.63, 3.8) is 0 Å². The number of ether oxygens (including phenoxy) is 1. The Balaban J connectivity index is 2.39. The van der Waals surface area contributed by atoms with Crippen LogP contribution < -0.4 is 4.74 Å². The number of thiophene rings is 1. The van der Waals surface area contributed by atoms with Gasteiger partial charge in [0.2, 0.25) is 0 Å². The number of nitro groups is 1. The number of rotatable bonds is 4. The highest BCUT2D eigenvalue weighted by molar-refractivity contribution is 7.14. The summed E-state index contributed by atoms with van der Waals surface area (Å²) in [5.41, 5.74) is 0.787. The summed E-state index contributed by atoms with van der Waals surface area (Å²) in [6.45, 7) is 3.42. The topological polar surface area (TPSA) is 72.6 Å². The Morgan fingerprint density at radius 1 is 1.45 bits per heavy atom. The number of nitrogens with zero attached hydrogens (tertiary/aromatic N) is 1. The normalized spacial score (nSPS) is 12.2. The van der Waals surface area contributed by atoms with Gasteiger partial charge in [-0.1, -0.05) is 29.0 Å². The molecule has 1 unspecified atom stereocenters. The van der Waals surface area contributed by atoms with Crippen LogP contribution in [0.3, 0.4) is 0 Å². The van der Waals surface area contributed by atoms with Crippen molar-refractivity contribution in [2.45, 2.75) is 20.0 Å². The second kappa shape index (κ2) is 5.78. The van der Waals surface area contributed by atoms with Crippen molar-refractivity contribution in [1.29, 1.82) is 0 Å². The Labute approximate surface area is 124 Å². The SMILES string of the molecule is Cc1ccc(Oc2sc(C(C)O)cc2[N+](=O)[O-])c(Cl)c1. The van der Waals surface area contributed by atoms with E-state index in [1.165, 1.54) is 13.0 Å². The standard InChI is InChI=1S/C13H12ClNO4S/c1-7-3-4-11(9(14)5-7)19-13-10(15(17)18)6-12(20-13)8(2)16/h3-6,8,16H,1-2H3. The zero-order chi connectivity index (χ0) is 14.9. The fourth-order valence-corrected chi connectivity index (χ4v) is 2.78. The van der Waals surface area contributed by atoms with Gasteiger partial charge in [0.25, 0.3) is 5.06 Å². The predicted molar refractivity (Wildman–Crippen MR) is 77.9 cm³/mol. The van der Waals surface area contributed by atoms with Crippen molar-refractivity contribution in [3.05, 3.63) is 49.8 Å². The van der Waals surface area contributed by atoms with Gasteiger partial charge >= 0.3 is 5.69 Å². The first-order valence-corrected chi connectivity index (χ1v) is 6.98. The van der Waals surface area contributed by atoms with E-state index in [2.05, 4.69) is 0 Å². The predicted octanol–water partition coefficient (Wildman–Crippen LogP) is 4.46. The van der Waals surface area contributed by atoms with Gasteiger partial charge in [-0.05, 0) is 31.5 Å². The van der Waals surface area contributed by atoms with Crippen LogP contribution in [0, 0.1) is 17.0 Å². The van der Waals surface area contributed by atoms with Crippen LogP contribution in [-0.2, 0) is 0 Å². The highest BCUT2D eigenvalue weighted by Gasteiger charge is 2.23. The molecule has 0 radical (unpaired) electrons. The van der Waals surface area contributed by atoms with Gasteiger partial charge in [-0.3, -0.25) is 10.1 Å². The summed E-state index contributed by atoms with van der Waals surface area (Å²) < 4.78 is 5.52. The summed E-state index contributed by atoms with van der Waals surface area (Å²) in [4.78, 5) is 10.9. The molecule has 106 valence electrons. The number of halogens is 1. The van der Waals surface area contributed by atoms with Crippen LogP contribution in [-0.4, -0.2) is 10.0 Å². The lowest BCUT2D eigenvalue weighted by Gasteiger charge is -2.05. The molecule has 0 aliphatic heterocycles. The molecule has 0 bridgehead atoms. The molecule has 1 aromatic carbocycles. The summed E-state index contributed by atoms with van der Waals surface area (Å²) in [6, 6.07) is 6.48. The zero-order valence-electron chi connectivity index (χ0n) is 10.8. The van der Waals surface area contributed by atoms with E-state index >= 15 is 0 Å². The van der Waals surface area contributed by atoms with Crippen molar-refractivity contribution in [2.24, 2.45) is 0 Å². The average Bonchev–Trinajstić information content (AvgIpc) is 2.77. The summed E-state index contributed by atoms with van der Waals surface area (Å²) >= 11 is 7.07. The van der Waals surface area contributed by atoms with Crippen molar-refractivity contribution in [2.75, 3.05) is 0 Å². The molecule has 20 heavy (non-hydrogen) atoms. The minimum atomic E-state index is -0.787. The summed E-state index contributed by atoms with van der Waals surface area (Å²) in [7, 11) is 0. The van der Waals surface area contributed by atoms with E-state index in [0.29, 0.717) is 15.6 Å². The van der Waals surface area contributed by atoms with Crippen molar-refractivity contribution in [1.82, 2.24) is 0 Å². The average molecular weight is 314 g/mol. The molecule has 1 atom stereocenters. The van der Waals surface area contributed by atoms with Crippen LogP contribution in [0.15, 0.2) is 24.3 Å². The molecule has 0 aliphatic rings. The van der Waals surface area contributed by atoms with Gasteiger partial charge in [0.05, 0.1) is 16.0 Å². The molecule has 0 fully saturated rings. The molecule has 2 aromatic rings.